The van der Waals surface area contributed by atoms with E-state index >= 15 is 0 Å². The van der Waals surface area contributed by atoms with Crippen LogP contribution >= 0.6 is 0 Å². The Kier molecular flexibility index (Phi) is 5.31. The number of Topliss-reactive ketones (excluding diaryl/α,β-unsaturated/α-hetero) is 1. The van der Waals surface area contributed by atoms with Crippen molar-refractivity contribution in [2.24, 2.45) is 0 Å². The van der Waals surface area contributed by atoms with Crippen molar-refractivity contribution in [2.75, 3.05) is 0 Å². The maximum atomic E-state index is 12.8. The number of rotatable bonds is 4. The normalized spacial score (nSPS) is 17.3. The highest BCUT2D eigenvalue weighted by Crippen LogP contribution is 2.28. The largest absolute Gasteiger partial charge is 0.478 e. The standard InChI is InChI=1S/C22H18O5/c23-20-16(10-14-4-1-8-18(12-14)21(24)25)6-3-7-17(20)11-15-5-2-9-19(13-15)22(26)27/h1-2,4-5,8-13H,3,6-7H2,(H,24,25)(H,26,27). The summed E-state index contributed by atoms with van der Waals surface area (Å²) in [5, 5.41) is 18.2. The molecule has 0 saturated heterocycles. The van der Waals surface area contributed by atoms with Gasteiger partial charge in [0.25, 0.3) is 0 Å². The maximum absolute atomic E-state index is 12.8. The number of carboxylic acids is 2. The van der Waals surface area contributed by atoms with E-state index in [1.807, 2.05) is 0 Å². The first kappa shape index (κ1) is 18.3. The van der Waals surface area contributed by atoms with Crippen LogP contribution < -0.4 is 0 Å². The summed E-state index contributed by atoms with van der Waals surface area (Å²) < 4.78 is 0. The van der Waals surface area contributed by atoms with E-state index in [0.29, 0.717) is 35.1 Å². The first-order valence-corrected chi connectivity index (χ1v) is 8.56. The molecular formula is C22H18O5. The van der Waals surface area contributed by atoms with Gasteiger partial charge in [-0.2, -0.15) is 0 Å². The van der Waals surface area contributed by atoms with E-state index in [0.717, 1.165) is 6.42 Å². The predicted octanol–water partition coefficient (Wildman–Crippen LogP) is 4.30. The van der Waals surface area contributed by atoms with Crippen molar-refractivity contribution in [2.45, 2.75) is 19.3 Å². The quantitative estimate of drug-likeness (QED) is 0.791. The number of carbonyl (C=O) groups is 3. The summed E-state index contributed by atoms with van der Waals surface area (Å²) in [5.41, 5.74) is 2.95. The molecule has 27 heavy (non-hydrogen) atoms. The fourth-order valence-electron chi connectivity index (χ4n) is 3.10. The predicted molar refractivity (Wildman–Crippen MR) is 102 cm³/mol. The molecule has 136 valence electrons. The molecule has 1 aliphatic rings. The summed E-state index contributed by atoms with van der Waals surface area (Å²) >= 11 is 0. The summed E-state index contributed by atoms with van der Waals surface area (Å²) in [6.07, 6.45) is 5.52. The van der Waals surface area contributed by atoms with Crippen molar-refractivity contribution in [3.8, 4) is 0 Å². The number of ketones is 1. The third-order valence-corrected chi connectivity index (χ3v) is 4.42. The van der Waals surface area contributed by atoms with E-state index in [-0.39, 0.29) is 16.9 Å². The Labute approximate surface area is 156 Å². The number of carboxylic acid groups (broad SMARTS) is 2. The minimum atomic E-state index is -1.01. The summed E-state index contributed by atoms with van der Waals surface area (Å²) in [4.78, 5) is 35.0. The zero-order valence-electron chi connectivity index (χ0n) is 14.5. The van der Waals surface area contributed by atoms with Gasteiger partial charge in [0.05, 0.1) is 11.1 Å². The Balaban J connectivity index is 1.90. The Morgan fingerprint density at radius 2 is 1.22 bits per heavy atom. The molecule has 2 N–H and O–H groups in total. The Hall–Kier alpha value is -3.47. The number of allylic oxidation sites excluding steroid dienone is 2. The highest BCUT2D eigenvalue weighted by atomic mass is 16.4. The van der Waals surface area contributed by atoms with Gasteiger partial charge in [0, 0.05) is 11.1 Å². The monoisotopic (exact) mass is 362 g/mol. The molecular weight excluding hydrogens is 344 g/mol. The molecule has 5 heteroatoms. The van der Waals surface area contributed by atoms with E-state index in [1.54, 1.807) is 36.4 Å². The Morgan fingerprint density at radius 3 is 1.63 bits per heavy atom. The molecule has 0 amide bonds. The van der Waals surface area contributed by atoms with E-state index in [2.05, 4.69) is 0 Å². The fraction of sp³-hybridized carbons (Fsp3) is 0.136. The van der Waals surface area contributed by atoms with Gasteiger partial charge >= 0.3 is 11.9 Å². The number of hydrogen-bond acceptors (Lipinski definition) is 3. The third kappa shape index (κ3) is 4.39. The van der Waals surface area contributed by atoms with Crippen molar-refractivity contribution in [1.29, 1.82) is 0 Å². The van der Waals surface area contributed by atoms with Crippen LogP contribution in [-0.2, 0) is 4.79 Å². The molecule has 0 spiro atoms. The summed E-state index contributed by atoms with van der Waals surface area (Å²) in [7, 11) is 0. The van der Waals surface area contributed by atoms with Crippen LogP contribution in [0.2, 0.25) is 0 Å². The van der Waals surface area contributed by atoms with Gasteiger partial charge < -0.3 is 10.2 Å². The van der Waals surface area contributed by atoms with E-state index in [9.17, 15) is 14.4 Å². The minimum absolute atomic E-state index is 0.0808. The lowest BCUT2D eigenvalue weighted by atomic mass is 9.86. The fourth-order valence-corrected chi connectivity index (χ4v) is 3.10. The molecule has 1 fully saturated rings. The second kappa shape index (κ2) is 7.83. The maximum Gasteiger partial charge on any atom is 0.335 e. The number of aromatic carboxylic acids is 2. The van der Waals surface area contributed by atoms with Gasteiger partial charge in [-0.25, -0.2) is 9.59 Å². The smallest absolute Gasteiger partial charge is 0.335 e. The molecule has 0 unspecified atom stereocenters. The van der Waals surface area contributed by atoms with Gasteiger partial charge in [-0.05, 0) is 66.8 Å². The van der Waals surface area contributed by atoms with Gasteiger partial charge in [0.15, 0.2) is 5.78 Å². The Bertz CT molecular complexity index is 904. The minimum Gasteiger partial charge on any atom is -0.478 e. The zero-order chi connectivity index (χ0) is 19.4. The molecule has 0 atom stereocenters. The van der Waals surface area contributed by atoms with Gasteiger partial charge in [0.1, 0.15) is 0 Å². The molecule has 3 rings (SSSR count). The molecule has 1 saturated carbocycles. The molecule has 0 aromatic heterocycles. The van der Waals surface area contributed by atoms with Crippen LogP contribution in [0.15, 0.2) is 59.7 Å². The van der Waals surface area contributed by atoms with Crippen LogP contribution in [0.5, 0.6) is 0 Å². The molecule has 0 heterocycles. The van der Waals surface area contributed by atoms with Crippen LogP contribution in [-0.4, -0.2) is 27.9 Å². The van der Waals surface area contributed by atoms with Gasteiger partial charge in [-0.1, -0.05) is 24.3 Å². The molecule has 0 bridgehead atoms. The Morgan fingerprint density at radius 1 is 0.778 bits per heavy atom. The molecule has 0 aliphatic heterocycles. The van der Waals surface area contributed by atoms with Gasteiger partial charge in [-0.15, -0.1) is 0 Å². The second-order valence-corrected chi connectivity index (χ2v) is 6.38. The lowest BCUT2D eigenvalue weighted by molar-refractivity contribution is -0.112. The zero-order valence-corrected chi connectivity index (χ0v) is 14.5. The van der Waals surface area contributed by atoms with E-state index in [1.165, 1.54) is 24.3 Å². The highest BCUT2D eigenvalue weighted by Gasteiger charge is 2.20. The molecule has 5 nitrogen and oxygen atoms in total. The lowest BCUT2D eigenvalue weighted by Gasteiger charge is -2.16. The third-order valence-electron chi connectivity index (χ3n) is 4.42. The highest BCUT2D eigenvalue weighted by molar-refractivity contribution is 6.14. The lowest BCUT2D eigenvalue weighted by Crippen LogP contribution is -2.12. The van der Waals surface area contributed by atoms with E-state index < -0.39 is 11.9 Å². The summed E-state index contributed by atoms with van der Waals surface area (Å²) in [5.74, 6) is -2.10. The average molecular weight is 362 g/mol. The van der Waals surface area contributed by atoms with Crippen molar-refractivity contribution in [3.05, 3.63) is 81.9 Å². The number of carbonyl (C=O) groups excluding carboxylic acids is 1. The van der Waals surface area contributed by atoms with Crippen LogP contribution in [0.1, 0.15) is 51.1 Å². The van der Waals surface area contributed by atoms with Crippen molar-refractivity contribution in [3.63, 3.8) is 0 Å². The average Bonchev–Trinajstić information content (AvgIpc) is 2.65. The van der Waals surface area contributed by atoms with Crippen LogP contribution in [0.25, 0.3) is 12.2 Å². The van der Waals surface area contributed by atoms with Crippen LogP contribution in [0.3, 0.4) is 0 Å². The molecule has 1 aliphatic carbocycles. The van der Waals surface area contributed by atoms with Crippen LogP contribution in [0, 0.1) is 0 Å². The topological polar surface area (TPSA) is 91.7 Å². The van der Waals surface area contributed by atoms with E-state index in [4.69, 9.17) is 10.2 Å². The first-order valence-electron chi connectivity index (χ1n) is 8.56. The van der Waals surface area contributed by atoms with Crippen LogP contribution in [0.4, 0.5) is 0 Å². The number of benzene rings is 2. The molecule has 2 aromatic carbocycles. The van der Waals surface area contributed by atoms with Gasteiger partial charge in [0.2, 0.25) is 0 Å². The molecule has 2 aromatic rings. The molecule has 0 radical (unpaired) electrons. The number of hydrogen-bond donors (Lipinski definition) is 2. The second-order valence-electron chi connectivity index (χ2n) is 6.38. The SMILES string of the molecule is O=C1C(=Cc2cccc(C(=O)O)c2)CCCC1=Cc1cccc(C(=O)O)c1. The first-order chi connectivity index (χ1) is 12.9. The summed E-state index contributed by atoms with van der Waals surface area (Å²) in [6.45, 7) is 0. The summed E-state index contributed by atoms with van der Waals surface area (Å²) in [6, 6.07) is 12.9. The van der Waals surface area contributed by atoms with Crippen molar-refractivity contribution >= 4 is 29.9 Å². The van der Waals surface area contributed by atoms with Crippen molar-refractivity contribution < 1.29 is 24.6 Å². The van der Waals surface area contributed by atoms with Gasteiger partial charge in [-0.3, -0.25) is 4.79 Å². The van der Waals surface area contributed by atoms with Crippen molar-refractivity contribution in [1.82, 2.24) is 0 Å².